The summed E-state index contributed by atoms with van der Waals surface area (Å²) >= 11 is 0. The SMILES string of the molecule is O=C(O)c1ccc(Cn2ccn3nccc3c2=O)nc1. The molecule has 0 fully saturated rings. The second-order valence-corrected chi connectivity index (χ2v) is 4.24. The third-order valence-electron chi connectivity index (χ3n) is 2.94. The highest BCUT2D eigenvalue weighted by Gasteiger charge is 2.06. The van der Waals surface area contributed by atoms with Crippen molar-refractivity contribution >= 4 is 11.5 Å². The van der Waals surface area contributed by atoms with Crippen LogP contribution in [-0.2, 0) is 6.54 Å². The summed E-state index contributed by atoms with van der Waals surface area (Å²) in [6.45, 7) is 0.278. The molecule has 0 aromatic carbocycles. The van der Waals surface area contributed by atoms with Crippen molar-refractivity contribution in [2.45, 2.75) is 6.54 Å². The Labute approximate surface area is 112 Å². The van der Waals surface area contributed by atoms with Crippen LogP contribution >= 0.6 is 0 Å². The van der Waals surface area contributed by atoms with Gasteiger partial charge in [0.15, 0.2) is 0 Å². The summed E-state index contributed by atoms with van der Waals surface area (Å²) in [6, 6.07) is 4.70. The molecule has 3 aromatic heterocycles. The molecular weight excluding hydrogens is 260 g/mol. The molecule has 3 heterocycles. The van der Waals surface area contributed by atoms with Crippen LogP contribution in [0.15, 0.2) is 47.8 Å². The molecule has 0 amide bonds. The molecule has 0 aliphatic heterocycles. The molecule has 3 rings (SSSR count). The Morgan fingerprint density at radius 1 is 1.25 bits per heavy atom. The summed E-state index contributed by atoms with van der Waals surface area (Å²) in [5.74, 6) is -1.03. The highest BCUT2D eigenvalue weighted by atomic mass is 16.4. The lowest BCUT2D eigenvalue weighted by Crippen LogP contribution is -2.22. The number of carboxylic acids is 1. The van der Waals surface area contributed by atoms with Crippen LogP contribution in [0.5, 0.6) is 0 Å². The van der Waals surface area contributed by atoms with E-state index in [0.29, 0.717) is 11.2 Å². The van der Waals surface area contributed by atoms with Crippen LogP contribution in [0.2, 0.25) is 0 Å². The Balaban J connectivity index is 1.94. The molecule has 0 spiro atoms. The monoisotopic (exact) mass is 270 g/mol. The molecule has 20 heavy (non-hydrogen) atoms. The van der Waals surface area contributed by atoms with E-state index in [0.717, 1.165) is 0 Å². The van der Waals surface area contributed by atoms with Crippen molar-refractivity contribution in [1.82, 2.24) is 19.2 Å². The molecule has 3 aromatic rings. The first kappa shape index (κ1) is 12.1. The van der Waals surface area contributed by atoms with Crippen LogP contribution in [0, 0.1) is 0 Å². The van der Waals surface area contributed by atoms with E-state index < -0.39 is 5.97 Å². The molecule has 100 valence electrons. The van der Waals surface area contributed by atoms with E-state index in [2.05, 4.69) is 10.1 Å². The maximum atomic E-state index is 12.1. The Bertz CT molecular complexity index is 833. The number of aromatic nitrogens is 4. The van der Waals surface area contributed by atoms with E-state index in [1.807, 2.05) is 0 Å². The molecule has 0 aliphatic rings. The second-order valence-electron chi connectivity index (χ2n) is 4.24. The maximum absolute atomic E-state index is 12.1. The highest BCUT2D eigenvalue weighted by molar-refractivity contribution is 5.87. The zero-order chi connectivity index (χ0) is 14.1. The minimum absolute atomic E-state index is 0.118. The summed E-state index contributed by atoms with van der Waals surface area (Å²) < 4.78 is 3.00. The predicted octanol–water partition coefficient (Wildman–Crippen LogP) is 0.637. The number of carbonyl (C=O) groups is 1. The van der Waals surface area contributed by atoms with Crippen molar-refractivity contribution in [3.63, 3.8) is 0 Å². The summed E-state index contributed by atoms with van der Waals surface area (Å²) in [5.41, 5.74) is 1.04. The molecule has 0 bridgehead atoms. The minimum Gasteiger partial charge on any atom is -0.478 e. The summed E-state index contributed by atoms with van der Waals surface area (Å²) in [5, 5.41) is 12.8. The van der Waals surface area contributed by atoms with Gasteiger partial charge in [0.2, 0.25) is 0 Å². The quantitative estimate of drug-likeness (QED) is 0.754. The zero-order valence-corrected chi connectivity index (χ0v) is 10.3. The minimum atomic E-state index is -1.03. The average Bonchev–Trinajstić information content (AvgIpc) is 2.92. The summed E-state index contributed by atoms with van der Waals surface area (Å²) in [7, 11) is 0. The van der Waals surface area contributed by atoms with Gasteiger partial charge in [0.05, 0.1) is 24.0 Å². The standard InChI is InChI=1S/C13H10N4O3/c18-12-11-3-4-15-17(11)6-5-16(12)8-10-2-1-9(7-14-10)13(19)20/h1-7H,8H2,(H,19,20). The van der Waals surface area contributed by atoms with Crippen molar-refractivity contribution in [2.75, 3.05) is 0 Å². The van der Waals surface area contributed by atoms with Crippen LogP contribution in [0.3, 0.4) is 0 Å². The fourth-order valence-electron chi connectivity index (χ4n) is 1.90. The molecule has 0 radical (unpaired) electrons. The third kappa shape index (κ3) is 2.05. The normalized spacial score (nSPS) is 10.8. The van der Waals surface area contributed by atoms with Gasteiger partial charge in [-0.25, -0.2) is 9.31 Å². The smallest absolute Gasteiger partial charge is 0.337 e. The van der Waals surface area contributed by atoms with Crippen molar-refractivity contribution in [2.24, 2.45) is 0 Å². The van der Waals surface area contributed by atoms with Gasteiger partial charge in [-0.3, -0.25) is 9.78 Å². The predicted molar refractivity (Wildman–Crippen MR) is 69.8 cm³/mol. The van der Waals surface area contributed by atoms with Crippen molar-refractivity contribution < 1.29 is 9.90 Å². The van der Waals surface area contributed by atoms with Crippen molar-refractivity contribution in [3.05, 3.63) is 64.6 Å². The van der Waals surface area contributed by atoms with Crippen LogP contribution in [-0.4, -0.2) is 30.2 Å². The number of hydrogen-bond donors (Lipinski definition) is 1. The first-order valence-corrected chi connectivity index (χ1v) is 5.86. The van der Waals surface area contributed by atoms with Crippen molar-refractivity contribution in [3.8, 4) is 0 Å². The molecule has 7 heteroatoms. The van der Waals surface area contributed by atoms with Gasteiger partial charge in [0.25, 0.3) is 5.56 Å². The number of pyridine rings is 1. The number of carboxylic acid groups (broad SMARTS) is 1. The molecular formula is C13H10N4O3. The lowest BCUT2D eigenvalue weighted by molar-refractivity contribution is 0.0696. The largest absolute Gasteiger partial charge is 0.478 e. The van der Waals surface area contributed by atoms with Gasteiger partial charge in [0.1, 0.15) is 5.52 Å². The fraction of sp³-hybridized carbons (Fsp3) is 0.0769. The van der Waals surface area contributed by atoms with Gasteiger partial charge in [-0.1, -0.05) is 0 Å². The number of hydrogen-bond acceptors (Lipinski definition) is 4. The number of rotatable bonds is 3. The molecule has 0 atom stereocenters. The van der Waals surface area contributed by atoms with Gasteiger partial charge in [-0.2, -0.15) is 5.10 Å². The molecule has 7 nitrogen and oxygen atoms in total. The number of nitrogens with zero attached hydrogens (tertiary/aromatic N) is 4. The zero-order valence-electron chi connectivity index (χ0n) is 10.3. The Morgan fingerprint density at radius 2 is 2.10 bits per heavy atom. The lowest BCUT2D eigenvalue weighted by Gasteiger charge is -2.05. The Morgan fingerprint density at radius 3 is 2.80 bits per heavy atom. The van der Waals surface area contributed by atoms with E-state index in [9.17, 15) is 9.59 Å². The van der Waals surface area contributed by atoms with Gasteiger partial charge >= 0.3 is 5.97 Å². The van der Waals surface area contributed by atoms with E-state index >= 15 is 0 Å². The van der Waals surface area contributed by atoms with E-state index in [1.54, 1.807) is 30.7 Å². The van der Waals surface area contributed by atoms with Crippen LogP contribution in [0.25, 0.3) is 5.52 Å². The molecule has 0 aliphatic carbocycles. The van der Waals surface area contributed by atoms with Crippen LogP contribution in [0.1, 0.15) is 16.1 Å². The maximum Gasteiger partial charge on any atom is 0.337 e. The number of aromatic carboxylic acids is 1. The van der Waals surface area contributed by atoms with E-state index in [4.69, 9.17) is 5.11 Å². The van der Waals surface area contributed by atoms with Gasteiger partial charge in [-0.15, -0.1) is 0 Å². The second kappa shape index (κ2) is 4.61. The van der Waals surface area contributed by atoms with Gasteiger partial charge < -0.3 is 9.67 Å². The Hall–Kier alpha value is -2.96. The van der Waals surface area contributed by atoms with Crippen LogP contribution < -0.4 is 5.56 Å². The first-order valence-electron chi connectivity index (χ1n) is 5.86. The van der Waals surface area contributed by atoms with Crippen LogP contribution in [0.4, 0.5) is 0 Å². The molecule has 0 saturated carbocycles. The highest BCUT2D eigenvalue weighted by Crippen LogP contribution is 2.02. The molecule has 1 N–H and O–H groups in total. The summed E-state index contributed by atoms with van der Waals surface area (Å²) in [4.78, 5) is 26.9. The average molecular weight is 270 g/mol. The van der Waals surface area contributed by atoms with E-state index in [-0.39, 0.29) is 17.7 Å². The first-order chi connectivity index (χ1) is 9.65. The Kier molecular flexibility index (Phi) is 2.79. The lowest BCUT2D eigenvalue weighted by atomic mass is 10.2. The molecule has 0 saturated heterocycles. The summed E-state index contributed by atoms with van der Waals surface area (Å²) in [6.07, 6.45) is 6.14. The van der Waals surface area contributed by atoms with E-state index in [1.165, 1.54) is 21.3 Å². The van der Waals surface area contributed by atoms with Gasteiger partial charge in [0, 0.05) is 18.6 Å². The van der Waals surface area contributed by atoms with Gasteiger partial charge in [-0.05, 0) is 18.2 Å². The third-order valence-corrected chi connectivity index (χ3v) is 2.94. The number of fused-ring (bicyclic) bond motifs is 1. The fourth-order valence-corrected chi connectivity index (χ4v) is 1.90. The molecule has 0 unspecified atom stereocenters. The van der Waals surface area contributed by atoms with Crippen molar-refractivity contribution in [1.29, 1.82) is 0 Å². The topological polar surface area (TPSA) is 89.5 Å².